The number of hydrogen-bond acceptors (Lipinski definition) is 4. The van der Waals surface area contributed by atoms with Crippen molar-refractivity contribution < 1.29 is 23.6 Å². The van der Waals surface area contributed by atoms with Crippen LogP contribution in [0.2, 0.25) is 0 Å². The first-order valence-electron chi connectivity index (χ1n) is 6.66. The first-order valence-corrected chi connectivity index (χ1v) is 7.98. The lowest BCUT2D eigenvalue weighted by atomic mass is 10.2. The summed E-state index contributed by atoms with van der Waals surface area (Å²) >= 11 is 0. The summed E-state index contributed by atoms with van der Waals surface area (Å²) < 4.78 is 23.0. The molecule has 0 radical (unpaired) electrons. The van der Waals surface area contributed by atoms with Crippen molar-refractivity contribution in [2.24, 2.45) is 0 Å². The lowest BCUT2D eigenvalue weighted by Crippen LogP contribution is -2.15. The Morgan fingerprint density at radius 2 is 1.90 bits per heavy atom. The van der Waals surface area contributed by atoms with Crippen LogP contribution in [0.1, 0.15) is 25.7 Å². The zero-order valence-electron chi connectivity index (χ0n) is 11.2. The van der Waals surface area contributed by atoms with Gasteiger partial charge in [0.1, 0.15) is 13.2 Å². The van der Waals surface area contributed by atoms with Crippen molar-refractivity contribution in [3.63, 3.8) is 0 Å². The highest BCUT2D eigenvalue weighted by atomic mass is 32.2. The van der Waals surface area contributed by atoms with Crippen LogP contribution in [0.4, 0.5) is 0 Å². The molecule has 20 heavy (non-hydrogen) atoms. The second-order valence-corrected chi connectivity index (χ2v) is 6.13. The van der Waals surface area contributed by atoms with E-state index in [1.165, 1.54) is 0 Å². The monoisotopic (exact) mass is 298 g/mol. The van der Waals surface area contributed by atoms with Gasteiger partial charge in [0.15, 0.2) is 11.5 Å². The van der Waals surface area contributed by atoms with Crippen molar-refractivity contribution in [1.82, 2.24) is 0 Å². The topological polar surface area (TPSA) is 72.8 Å². The third kappa shape index (κ3) is 4.23. The van der Waals surface area contributed by atoms with Gasteiger partial charge in [0.2, 0.25) is 0 Å². The minimum absolute atomic E-state index is 0.177. The van der Waals surface area contributed by atoms with Crippen LogP contribution in [0.15, 0.2) is 23.1 Å². The second-order valence-electron chi connectivity index (χ2n) is 4.56. The van der Waals surface area contributed by atoms with Gasteiger partial charge in [-0.2, -0.15) is 0 Å². The maximum atomic E-state index is 12.1. The van der Waals surface area contributed by atoms with Gasteiger partial charge in [0.25, 0.3) is 0 Å². The number of unbranched alkanes of at least 4 members (excludes halogenated alkanes) is 2. The van der Waals surface area contributed by atoms with Crippen molar-refractivity contribution in [2.75, 3.05) is 19.0 Å². The van der Waals surface area contributed by atoms with E-state index in [0.717, 1.165) is 17.7 Å². The number of carbonyl (C=O) groups is 1. The molecule has 0 saturated heterocycles. The van der Waals surface area contributed by atoms with E-state index in [9.17, 15) is 9.00 Å². The Kier molecular flexibility index (Phi) is 5.40. The fourth-order valence-corrected chi connectivity index (χ4v) is 3.13. The highest BCUT2D eigenvalue weighted by Crippen LogP contribution is 2.31. The predicted molar refractivity (Wildman–Crippen MR) is 74.8 cm³/mol. The molecule has 0 saturated carbocycles. The molecule has 0 spiro atoms. The quantitative estimate of drug-likeness (QED) is 0.781. The van der Waals surface area contributed by atoms with E-state index in [4.69, 9.17) is 14.6 Å². The smallest absolute Gasteiger partial charge is 0.303 e. The molecule has 1 aromatic rings. The Bertz CT molecular complexity index is 500. The molecule has 1 aliphatic heterocycles. The molecule has 6 heteroatoms. The summed E-state index contributed by atoms with van der Waals surface area (Å²) in [7, 11) is -1.08. The van der Waals surface area contributed by atoms with E-state index >= 15 is 0 Å². The molecule has 110 valence electrons. The molecule has 1 heterocycles. The van der Waals surface area contributed by atoms with E-state index in [1.54, 1.807) is 18.2 Å². The number of benzene rings is 1. The van der Waals surface area contributed by atoms with Gasteiger partial charge in [0.05, 0.1) is 10.8 Å². The van der Waals surface area contributed by atoms with Gasteiger partial charge < -0.3 is 14.6 Å². The third-order valence-electron chi connectivity index (χ3n) is 3.00. The number of rotatable bonds is 7. The Balaban J connectivity index is 1.82. The predicted octanol–water partition coefficient (Wildman–Crippen LogP) is 2.21. The normalized spacial score (nSPS) is 14.8. The summed E-state index contributed by atoms with van der Waals surface area (Å²) in [6, 6.07) is 5.34. The van der Waals surface area contributed by atoms with Gasteiger partial charge in [-0.15, -0.1) is 0 Å². The molecule has 0 aliphatic carbocycles. The minimum atomic E-state index is -1.08. The molecule has 0 bridgehead atoms. The highest BCUT2D eigenvalue weighted by Gasteiger charge is 2.14. The molecule has 2 rings (SSSR count). The first-order chi connectivity index (χ1) is 9.66. The molecular formula is C14H18O5S. The van der Waals surface area contributed by atoms with E-state index in [0.29, 0.717) is 36.9 Å². The van der Waals surface area contributed by atoms with Gasteiger partial charge in [-0.1, -0.05) is 6.42 Å². The van der Waals surface area contributed by atoms with Gasteiger partial charge in [-0.25, -0.2) is 0 Å². The van der Waals surface area contributed by atoms with Crippen LogP contribution >= 0.6 is 0 Å². The number of hydrogen-bond donors (Lipinski definition) is 1. The lowest BCUT2D eigenvalue weighted by molar-refractivity contribution is -0.137. The Morgan fingerprint density at radius 1 is 1.15 bits per heavy atom. The molecule has 5 nitrogen and oxygen atoms in total. The van der Waals surface area contributed by atoms with Gasteiger partial charge >= 0.3 is 5.97 Å². The van der Waals surface area contributed by atoms with Crippen molar-refractivity contribution in [3.05, 3.63) is 18.2 Å². The maximum Gasteiger partial charge on any atom is 0.303 e. The average Bonchev–Trinajstić information content (AvgIpc) is 2.46. The summed E-state index contributed by atoms with van der Waals surface area (Å²) in [5, 5.41) is 8.53. The maximum absolute atomic E-state index is 12.1. The second kappa shape index (κ2) is 7.28. The van der Waals surface area contributed by atoms with Gasteiger partial charge in [-0.3, -0.25) is 9.00 Å². The van der Waals surface area contributed by atoms with Crippen LogP contribution in [-0.4, -0.2) is 34.3 Å². The molecule has 1 atom stereocenters. The van der Waals surface area contributed by atoms with Crippen molar-refractivity contribution in [3.8, 4) is 11.5 Å². The summed E-state index contributed by atoms with van der Waals surface area (Å²) in [4.78, 5) is 11.1. The Labute approximate surface area is 120 Å². The average molecular weight is 298 g/mol. The number of carboxylic acid groups (broad SMARTS) is 1. The molecule has 0 aromatic heterocycles. The minimum Gasteiger partial charge on any atom is -0.486 e. The largest absolute Gasteiger partial charge is 0.486 e. The van der Waals surface area contributed by atoms with E-state index in [1.807, 2.05) is 0 Å². The molecule has 1 unspecified atom stereocenters. The molecule has 0 fully saturated rings. The van der Waals surface area contributed by atoms with Crippen molar-refractivity contribution >= 4 is 16.8 Å². The fourth-order valence-electron chi connectivity index (χ4n) is 1.97. The third-order valence-corrected chi connectivity index (χ3v) is 4.44. The van der Waals surface area contributed by atoms with E-state index < -0.39 is 16.8 Å². The van der Waals surface area contributed by atoms with Crippen molar-refractivity contribution in [1.29, 1.82) is 0 Å². The Hall–Kier alpha value is -1.56. The molecule has 1 aromatic carbocycles. The van der Waals surface area contributed by atoms with Crippen LogP contribution in [0.3, 0.4) is 0 Å². The van der Waals surface area contributed by atoms with Gasteiger partial charge in [0, 0.05) is 23.1 Å². The van der Waals surface area contributed by atoms with Crippen molar-refractivity contribution in [2.45, 2.75) is 30.6 Å². The van der Waals surface area contributed by atoms with Crippen LogP contribution in [0.25, 0.3) is 0 Å². The number of aliphatic carboxylic acids is 1. The van der Waals surface area contributed by atoms with Crippen LogP contribution in [0, 0.1) is 0 Å². The van der Waals surface area contributed by atoms with Crippen LogP contribution in [0.5, 0.6) is 11.5 Å². The fraction of sp³-hybridized carbons (Fsp3) is 0.500. The number of ether oxygens (including phenoxy) is 2. The summed E-state index contributed by atoms with van der Waals surface area (Å²) in [6.07, 6.45) is 2.35. The van der Waals surface area contributed by atoms with E-state index in [-0.39, 0.29) is 6.42 Å². The zero-order valence-corrected chi connectivity index (χ0v) is 12.0. The van der Waals surface area contributed by atoms with Crippen LogP contribution in [-0.2, 0) is 15.6 Å². The standard InChI is InChI=1S/C14H18O5S/c15-14(16)4-2-1-3-9-20(17)11-5-6-12-13(10-11)19-8-7-18-12/h5-6,10H,1-4,7-9H2,(H,15,16). The molecule has 1 aliphatic rings. The molecule has 1 N–H and O–H groups in total. The first kappa shape index (κ1) is 14.8. The SMILES string of the molecule is O=C(O)CCCCCS(=O)c1ccc2c(c1)OCCO2. The summed E-state index contributed by atoms with van der Waals surface area (Å²) in [5.41, 5.74) is 0. The Morgan fingerprint density at radius 3 is 2.65 bits per heavy atom. The van der Waals surface area contributed by atoms with Gasteiger partial charge in [-0.05, 0) is 25.0 Å². The van der Waals surface area contributed by atoms with Crippen LogP contribution < -0.4 is 9.47 Å². The number of carboxylic acids is 1. The highest BCUT2D eigenvalue weighted by molar-refractivity contribution is 7.85. The number of fused-ring (bicyclic) bond motifs is 1. The summed E-state index contributed by atoms with van der Waals surface area (Å²) in [6.45, 7) is 1.05. The zero-order chi connectivity index (χ0) is 14.4. The molecular weight excluding hydrogens is 280 g/mol. The molecule has 0 amide bonds. The lowest BCUT2D eigenvalue weighted by Gasteiger charge is -2.18. The van der Waals surface area contributed by atoms with E-state index in [2.05, 4.69) is 0 Å². The summed E-state index contributed by atoms with van der Waals surface area (Å²) in [5.74, 6) is 1.10.